The zero-order valence-electron chi connectivity index (χ0n) is 15.6. The molecule has 142 valence electrons. The summed E-state index contributed by atoms with van der Waals surface area (Å²) in [6, 6.07) is 2.88. The molecule has 2 aliphatic rings. The minimum Gasteiger partial charge on any atom is -0.342 e. The summed E-state index contributed by atoms with van der Waals surface area (Å²) in [4.78, 5) is 34.8. The number of rotatable bonds is 5. The molecule has 2 fully saturated rings. The van der Waals surface area contributed by atoms with Crippen LogP contribution in [0.25, 0.3) is 0 Å². The number of carbonyl (C=O) groups excluding carboxylic acids is 2. The van der Waals surface area contributed by atoms with Crippen molar-refractivity contribution >= 4 is 11.8 Å². The molecule has 3 heterocycles. The van der Waals surface area contributed by atoms with Crippen molar-refractivity contribution < 1.29 is 14.0 Å². The second-order valence-electron chi connectivity index (χ2n) is 7.60. The van der Waals surface area contributed by atoms with Gasteiger partial charge in [-0.25, -0.2) is 4.39 Å². The third-order valence-corrected chi connectivity index (χ3v) is 5.62. The van der Waals surface area contributed by atoms with Crippen molar-refractivity contribution in [2.24, 2.45) is 0 Å². The van der Waals surface area contributed by atoms with Gasteiger partial charge in [0.25, 0.3) is 0 Å². The Morgan fingerprint density at radius 2 is 2.00 bits per heavy atom. The number of aromatic nitrogens is 1. The molecule has 2 saturated heterocycles. The fourth-order valence-corrected chi connectivity index (χ4v) is 4.01. The summed E-state index contributed by atoms with van der Waals surface area (Å²) in [5.41, 5.74) is 0.498. The highest BCUT2D eigenvalue weighted by Gasteiger charge is 2.47. The van der Waals surface area contributed by atoms with Gasteiger partial charge in [0.15, 0.2) is 0 Å². The molecule has 2 aliphatic heterocycles. The SMILES string of the molecule is CN(C)CCN1C(=O)CCC12CCN(C(=O)Cc1ccc(F)cn1)CC2. The lowest BCUT2D eigenvalue weighted by Gasteiger charge is -2.45. The van der Waals surface area contributed by atoms with Crippen LogP contribution in [-0.4, -0.2) is 77.3 Å². The molecule has 2 amide bonds. The van der Waals surface area contributed by atoms with E-state index in [1.165, 1.54) is 6.07 Å². The molecule has 26 heavy (non-hydrogen) atoms. The highest BCUT2D eigenvalue weighted by Crippen LogP contribution is 2.39. The van der Waals surface area contributed by atoms with Crippen molar-refractivity contribution in [1.29, 1.82) is 0 Å². The highest BCUT2D eigenvalue weighted by molar-refractivity contribution is 5.80. The first kappa shape index (κ1) is 18.8. The second-order valence-corrected chi connectivity index (χ2v) is 7.60. The van der Waals surface area contributed by atoms with E-state index < -0.39 is 5.82 Å². The maximum Gasteiger partial charge on any atom is 0.228 e. The summed E-state index contributed by atoms with van der Waals surface area (Å²) in [6.07, 6.45) is 4.49. The van der Waals surface area contributed by atoms with E-state index in [1.54, 1.807) is 6.07 Å². The topological polar surface area (TPSA) is 56.8 Å². The molecule has 0 aliphatic carbocycles. The van der Waals surface area contributed by atoms with Gasteiger partial charge in [0.05, 0.1) is 12.6 Å². The van der Waals surface area contributed by atoms with E-state index in [-0.39, 0.29) is 23.8 Å². The molecular formula is C19H27FN4O2. The van der Waals surface area contributed by atoms with E-state index >= 15 is 0 Å². The summed E-state index contributed by atoms with van der Waals surface area (Å²) in [5, 5.41) is 0. The lowest BCUT2D eigenvalue weighted by atomic mass is 9.84. The molecule has 1 spiro atoms. The average molecular weight is 362 g/mol. The smallest absolute Gasteiger partial charge is 0.228 e. The molecule has 0 saturated carbocycles. The van der Waals surface area contributed by atoms with Gasteiger partial charge in [-0.05, 0) is 45.5 Å². The quantitative estimate of drug-likeness (QED) is 0.793. The van der Waals surface area contributed by atoms with Gasteiger partial charge in [0, 0.05) is 43.8 Å². The van der Waals surface area contributed by atoms with Crippen LogP contribution in [0.5, 0.6) is 0 Å². The molecule has 3 rings (SSSR count). The van der Waals surface area contributed by atoms with Gasteiger partial charge in [0.1, 0.15) is 5.82 Å². The van der Waals surface area contributed by atoms with E-state index in [9.17, 15) is 14.0 Å². The number of pyridine rings is 1. The van der Waals surface area contributed by atoms with Gasteiger partial charge in [-0.15, -0.1) is 0 Å². The van der Waals surface area contributed by atoms with E-state index in [0.29, 0.717) is 25.2 Å². The number of carbonyl (C=O) groups is 2. The van der Waals surface area contributed by atoms with Crippen molar-refractivity contribution in [2.75, 3.05) is 40.3 Å². The number of likely N-dealkylation sites (tertiary alicyclic amines) is 2. The molecule has 0 bridgehead atoms. The van der Waals surface area contributed by atoms with Crippen LogP contribution in [0.15, 0.2) is 18.3 Å². The van der Waals surface area contributed by atoms with Gasteiger partial charge in [-0.2, -0.15) is 0 Å². The van der Waals surface area contributed by atoms with E-state index in [1.807, 2.05) is 19.0 Å². The van der Waals surface area contributed by atoms with Crippen molar-refractivity contribution in [3.05, 3.63) is 29.8 Å². The van der Waals surface area contributed by atoms with Crippen LogP contribution in [0.4, 0.5) is 4.39 Å². The molecule has 0 atom stereocenters. The fourth-order valence-electron chi connectivity index (χ4n) is 4.01. The third-order valence-electron chi connectivity index (χ3n) is 5.62. The molecule has 0 radical (unpaired) electrons. The van der Waals surface area contributed by atoms with Crippen molar-refractivity contribution in [1.82, 2.24) is 19.7 Å². The predicted molar refractivity (Wildman–Crippen MR) is 95.9 cm³/mol. The van der Waals surface area contributed by atoms with Gasteiger partial charge in [-0.1, -0.05) is 0 Å². The molecule has 7 heteroatoms. The first-order chi connectivity index (χ1) is 12.4. The third kappa shape index (κ3) is 4.03. The van der Waals surface area contributed by atoms with Gasteiger partial charge >= 0.3 is 0 Å². The van der Waals surface area contributed by atoms with Crippen LogP contribution in [-0.2, 0) is 16.0 Å². The zero-order chi connectivity index (χ0) is 18.7. The minimum absolute atomic E-state index is 0.0168. The Morgan fingerprint density at radius 1 is 1.27 bits per heavy atom. The van der Waals surface area contributed by atoms with Crippen LogP contribution in [0.2, 0.25) is 0 Å². The number of halogens is 1. The normalized spacial score (nSPS) is 19.6. The Labute approximate surface area is 154 Å². The lowest BCUT2D eigenvalue weighted by molar-refractivity contribution is -0.136. The zero-order valence-corrected chi connectivity index (χ0v) is 15.6. The molecule has 0 unspecified atom stereocenters. The Morgan fingerprint density at radius 3 is 2.62 bits per heavy atom. The largest absolute Gasteiger partial charge is 0.342 e. The van der Waals surface area contributed by atoms with Crippen LogP contribution in [0.3, 0.4) is 0 Å². The number of likely N-dealkylation sites (N-methyl/N-ethyl adjacent to an activating group) is 1. The molecule has 0 N–H and O–H groups in total. The molecule has 1 aromatic heterocycles. The lowest BCUT2D eigenvalue weighted by Crippen LogP contribution is -2.55. The maximum atomic E-state index is 12.9. The van der Waals surface area contributed by atoms with Crippen LogP contribution in [0.1, 0.15) is 31.4 Å². The highest BCUT2D eigenvalue weighted by atomic mass is 19.1. The first-order valence-electron chi connectivity index (χ1n) is 9.23. The molecule has 6 nitrogen and oxygen atoms in total. The van der Waals surface area contributed by atoms with Crippen LogP contribution >= 0.6 is 0 Å². The van der Waals surface area contributed by atoms with Gasteiger partial charge < -0.3 is 14.7 Å². The van der Waals surface area contributed by atoms with E-state index in [0.717, 1.165) is 38.5 Å². The van der Waals surface area contributed by atoms with Crippen LogP contribution < -0.4 is 0 Å². The number of amides is 2. The van der Waals surface area contributed by atoms with Crippen molar-refractivity contribution in [3.63, 3.8) is 0 Å². The number of hydrogen-bond acceptors (Lipinski definition) is 4. The van der Waals surface area contributed by atoms with Crippen molar-refractivity contribution in [2.45, 2.75) is 37.6 Å². The summed E-state index contributed by atoms with van der Waals surface area (Å²) >= 11 is 0. The monoisotopic (exact) mass is 362 g/mol. The van der Waals surface area contributed by atoms with E-state index in [2.05, 4.69) is 14.8 Å². The average Bonchev–Trinajstić information content (AvgIpc) is 2.91. The van der Waals surface area contributed by atoms with Gasteiger partial charge in [-0.3, -0.25) is 14.6 Å². The Balaban J connectivity index is 1.58. The Kier molecular flexibility index (Phi) is 5.55. The first-order valence-corrected chi connectivity index (χ1v) is 9.23. The molecule has 1 aromatic rings. The maximum absolute atomic E-state index is 12.9. The van der Waals surface area contributed by atoms with Crippen molar-refractivity contribution in [3.8, 4) is 0 Å². The summed E-state index contributed by atoms with van der Waals surface area (Å²) in [7, 11) is 4.02. The standard InChI is InChI=1S/C19H27FN4O2/c1-22(2)11-12-24-17(25)5-6-19(24)7-9-23(10-8-19)18(26)13-16-4-3-15(20)14-21-16/h3-4,14H,5-13H2,1-2H3. The molecule has 0 aromatic carbocycles. The second kappa shape index (κ2) is 7.70. The molecular weight excluding hydrogens is 335 g/mol. The van der Waals surface area contributed by atoms with Crippen LogP contribution in [0, 0.1) is 5.82 Å². The number of nitrogens with zero attached hydrogens (tertiary/aromatic N) is 4. The minimum atomic E-state index is -0.398. The fraction of sp³-hybridized carbons (Fsp3) is 0.632. The van der Waals surface area contributed by atoms with E-state index in [4.69, 9.17) is 0 Å². The Bertz CT molecular complexity index is 654. The predicted octanol–water partition coefficient (Wildman–Crippen LogP) is 1.31. The number of hydrogen-bond donors (Lipinski definition) is 0. The summed E-state index contributed by atoms with van der Waals surface area (Å²) < 4.78 is 12.9. The summed E-state index contributed by atoms with van der Waals surface area (Å²) in [6.45, 7) is 2.92. The number of piperidine rings is 1. The Hall–Kier alpha value is -2.02. The van der Waals surface area contributed by atoms with Gasteiger partial charge in [0.2, 0.25) is 11.8 Å². The summed E-state index contributed by atoms with van der Waals surface area (Å²) in [5.74, 6) is -0.143.